The van der Waals surface area contributed by atoms with Gasteiger partial charge in [0, 0.05) is 24.5 Å². The molecule has 2 heterocycles. The van der Waals surface area contributed by atoms with E-state index < -0.39 is 46.2 Å². The zero-order valence-electron chi connectivity index (χ0n) is 21.8. The number of para-hydroxylation sites is 2. The summed E-state index contributed by atoms with van der Waals surface area (Å²) < 4.78 is 70.5. The number of aliphatic hydroxyl groups is 1. The Morgan fingerprint density at radius 2 is 1.51 bits per heavy atom. The topological polar surface area (TPSA) is 125 Å². The molecule has 0 aliphatic carbocycles. The Labute approximate surface area is 235 Å². The van der Waals surface area contributed by atoms with Crippen LogP contribution in [-0.4, -0.2) is 68.5 Å². The van der Waals surface area contributed by atoms with Gasteiger partial charge in [0.25, 0.3) is 0 Å². The fourth-order valence-electron chi connectivity index (χ4n) is 5.45. The molecule has 41 heavy (non-hydrogen) atoms. The molecule has 1 fully saturated rings. The number of nitrogens with two attached hydrogens (primary N) is 1. The highest BCUT2D eigenvalue weighted by molar-refractivity contribution is 7.89. The van der Waals surface area contributed by atoms with Crippen molar-refractivity contribution in [1.29, 1.82) is 0 Å². The largest absolute Gasteiger partial charge is 0.573 e. The van der Waals surface area contributed by atoms with E-state index in [-0.39, 0.29) is 24.5 Å². The fraction of sp³-hybridized carbons (Fsp3) is 0.321. The molecular weight excluding hydrogens is 561 g/mol. The molecule has 4 N–H and O–H groups in total. The second kappa shape index (κ2) is 11.3. The summed E-state index contributed by atoms with van der Waals surface area (Å²) in [5.41, 5.74) is 9.42. The number of anilines is 2. The number of likely N-dealkylation sites (tertiary alicyclic amines) is 1. The summed E-state index contributed by atoms with van der Waals surface area (Å²) in [6, 6.07) is 17.3. The number of halogens is 3. The van der Waals surface area contributed by atoms with Crippen molar-refractivity contribution in [2.24, 2.45) is 5.73 Å². The monoisotopic (exact) mass is 590 g/mol. The molecule has 1 saturated heterocycles. The highest BCUT2D eigenvalue weighted by Gasteiger charge is 2.44. The van der Waals surface area contributed by atoms with Crippen LogP contribution in [-0.2, 0) is 27.7 Å². The maximum atomic E-state index is 13.3. The van der Waals surface area contributed by atoms with Crippen molar-refractivity contribution < 1.29 is 36.2 Å². The Morgan fingerprint density at radius 1 is 0.951 bits per heavy atom. The average molecular weight is 591 g/mol. The molecule has 218 valence electrons. The van der Waals surface area contributed by atoms with Gasteiger partial charge in [-0.2, -0.15) is 0 Å². The van der Waals surface area contributed by atoms with Crippen LogP contribution in [0.5, 0.6) is 5.75 Å². The molecule has 1 amide bonds. The number of hydrogen-bond acceptors (Lipinski definition) is 7. The number of ether oxygens (including phenoxy) is 1. The summed E-state index contributed by atoms with van der Waals surface area (Å²) in [5, 5.41) is 11.7. The Bertz CT molecular complexity index is 1470. The number of aryl methyl sites for hydroxylation is 2. The molecule has 3 aromatic rings. The number of fused-ring (bicyclic) bond motifs is 2. The Kier molecular flexibility index (Phi) is 7.97. The van der Waals surface area contributed by atoms with Crippen LogP contribution in [0.2, 0.25) is 0 Å². The first-order chi connectivity index (χ1) is 19.5. The van der Waals surface area contributed by atoms with Crippen molar-refractivity contribution in [1.82, 2.24) is 9.62 Å². The van der Waals surface area contributed by atoms with E-state index >= 15 is 0 Å². The quantitative estimate of drug-likeness (QED) is 0.403. The number of hydrogen-bond donors (Lipinski definition) is 3. The van der Waals surface area contributed by atoms with Crippen molar-refractivity contribution in [3.8, 4) is 5.75 Å². The van der Waals surface area contributed by atoms with Crippen molar-refractivity contribution in [2.75, 3.05) is 24.5 Å². The zero-order valence-corrected chi connectivity index (χ0v) is 22.6. The molecule has 9 nitrogen and oxygen atoms in total. The van der Waals surface area contributed by atoms with Gasteiger partial charge >= 0.3 is 6.36 Å². The third-order valence-electron chi connectivity index (χ3n) is 7.33. The van der Waals surface area contributed by atoms with Gasteiger partial charge in [0.05, 0.1) is 29.6 Å². The molecule has 0 unspecified atom stereocenters. The molecule has 3 atom stereocenters. The molecule has 0 spiro atoms. The van der Waals surface area contributed by atoms with Gasteiger partial charge in [-0.1, -0.05) is 36.4 Å². The van der Waals surface area contributed by atoms with Crippen LogP contribution in [0, 0.1) is 0 Å². The van der Waals surface area contributed by atoms with Crippen LogP contribution in [0.25, 0.3) is 0 Å². The number of carbonyl (C=O) groups excluding carboxylic acids is 1. The number of benzene rings is 3. The summed E-state index contributed by atoms with van der Waals surface area (Å²) in [5.74, 6) is -0.997. The molecule has 5 rings (SSSR count). The number of alkyl halides is 3. The van der Waals surface area contributed by atoms with E-state index in [1.807, 2.05) is 53.4 Å². The van der Waals surface area contributed by atoms with E-state index in [1.165, 1.54) is 4.90 Å². The van der Waals surface area contributed by atoms with Crippen LogP contribution in [0.4, 0.5) is 24.5 Å². The van der Waals surface area contributed by atoms with Gasteiger partial charge in [0.1, 0.15) is 5.75 Å². The summed E-state index contributed by atoms with van der Waals surface area (Å²) >= 11 is 0. The Morgan fingerprint density at radius 3 is 2.05 bits per heavy atom. The van der Waals surface area contributed by atoms with Crippen LogP contribution in [0.3, 0.4) is 0 Å². The Hall–Kier alpha value is -3.65. The van der Waals surface area contributed by atoms with Gasteiger partial charge in [-0.25, -0.2) is 13.1 Å². The summed E-state index contributed by atoms with van der Waals surface area (Å²) in [6.07, 6.45) is -4.70. The molecule has 0 radical (unpaired) electrons. The SMILES string of the molecule is NCC(=O)N1C[C@@H](NS(=O)(=O)c2ccc(OC(F)(F)F)cc2)[C@H](O)[C@@H](N2c3ccccc3CCc3ccccc32)C1. The molecular formula is C28H29F3N4O5S. The number of rotatable bonds is 6. The van der Waals surface area contributed by atoms with Crippen LogP contribution in [0.15, 0.2) is 77.7 Å². The van der Waals surface area contributed by atoms with E-state index in [1.54, 1.807) is 0 Å². The van der Waals surface area contributed by atoms with E-state index in [0.717, 1.165) is 59.6 Å². The van der Waals surface area contributed by atoms with E-state index in [0.29, 0.717) is 0 Å². The second-order valence-electron chi connectivity index (χ2n) is 9.94. The molecule has 0 saturated carbocycles. The van der Waals surface area contributed by atoms with Gasteiger partial charge in [0.2, 0.25) is 15.9 Å². The average Bonchev–Trinajstić information content (AvgIpc) is 3.10. The third-order valence-corrected chi connectivity index (χ3v) is 8.84. The smallest absolute Gasteiger partial charge is 0.406 e. The van der Waals surface area contributed by atoms with Crippen LogP contribution >= 0.6 is 0 Å². The minimum Gasteiger partial charge on any atom is -0.406 e. The van der Waals surface area contributed by atoms with E-state index in [4.69, 9.17) is 5.73 Å². The van der Waals surface area contributed by atoms with Crippen molar-refractivity contribution in [2.45, 2.75) is 42.3 Å². The minimum atomic E-state index is -4.93. The molecule has 2 aliphatic rings. The van der Waals surface area contributed by atoms with Crippen molar-refractivity contribution in [3.63, 3.8) is 0 Å². The highest BCUT2D eigenvalue weighted by Crippen LogP contribution is 2.39. The lowest BCUT2D eigenvalue weighted by Gasteiger charge is -2.47. The van der Waals surface area contributed by atoms with Crippen molar-refractivity contribution in [3.05, 3.63) is 83.9 Å². The van der Waals surface area contributed by atoms with E-state index in [2.05, 4.69) is 9.46 Å². The first-order valence-electron chi connectivity index (χ1n) is 13.0. The normalized spacial score (nSPS) is 21.0. The van der Waals surface area contributed by atoms with Gasteiger partial charge in [-0.15, -0.1) is 13.2 Å². The lowest BCUT2D eigenvalue weighted by atomic mass is 9.94. The van der Waals surface area contributed by atoms with Gasteiger partial charge < -0.3 is 25.4 Å². The summed E-state index contributed by atoms with van der Waals surface area (Å²) in [6.45, 7) is -0.378. The molecule has 0 bridgehead atoms. The summed E-state index contributed by atoms with van der Waals surface area (Å²) in [7, 11) is -4.33. The fourth-order valence-corrected chi connectivity index (χ4v) is 6.70. The third kappa shape index (κ3) is 6.17. The predicted molar refractivity (Wildman–Crippen MR) is 145 cm³/mol. The van der Waals surface area contributed by atoms with Crippen molar-refractivity contribution >= 4 is 27.3 Å². The number of nitrogens with zero attached hydrogens (tertiary/aromatic N) is 2. The van der Waals surface area contributed by atoms with Gasteiger partial charge in [0.15, 0.2) is 0 Å². The maximum absolute atomic E-state index is 13.3. The van der Waals surface area contributed by atoms with Crippen LogP contribution in [0.1, 0.15) is 11.1 Å². The standard InChI is InChI=1S/C28H29F3N4O5S/c29-28(30,31)40-20-11-13-21(14-12-20)41(38,39)33-22-16-34(26(36)15-32)17-25(27(22)37)35-23-7-3-1-5-18(23)9-10-19-6-2-4-8-24(19)35/h1-8,11-14,22,25,27,33,37H,9-10,15-17,32H2/t22-,25+,27+/m1/s1. The lowest BCUT2D eigenvalue weighted by molar-refractivity contribution is -0.274. The van der Waals surface area contributed by atoms with E-state index in [9.17, 15) is 31.5 Å². The number of amides is 1. The predicted octanol–water partition coefficient (Wildman–Crippen LogP) is 2.70. The molecule has 0 aromatic heterocycles. The maximum Gasteiger partial charge on any atom is 0.573 e. The second-order valence-corrected chi connectivity index (χ2v) is 11.6. The molecule has 2 aliphatic heterocycles. The Balaban J connectivity index is 1.50. The number of aliphatic hydroxyl groups excluding tert-OH is 1. The molecule has 3 aromatic carbocycles. The minimum absolute atomic E-state index is 0.0849. The number of sulfonamides is 1. The number of nitrogens with one attached hydrogen (secondary N) is 1. The van der Waals surface area contributed by atoms with Gasteiger partial charge in [-0.05, 0) is 60.4 Å². The highest BCUT2D eigenvalue weighted by atomic mass is 32.2. The zero-order chi connectivity index (χ0) is 29.4. The first-order valence-corrected chi connectivity index (χ1v) is 14.4. The summed E-state index contributed by atoms with van der Waals surface area (Å²) in [4.78, 5) is 15.9. The molecule has 13 heteroatoms. The van der Waals surface area contributed by atoms with Gasteiger partial charge in [-0.3, -0.25) is 4.79 Å². The number of piperidine rings is 1. The lowest BCUT2D eigenvalue weighted by Crippen LogP contribution is -2.66. The first kappa shape index (κ1) is 28.9. The number of carbonyl (C=O) groups is 1. The van der Waals surface area contributed by atoms with Crippen LogP contribution < -0.4 is 20.1 Å².